The van der Waals surface area contributed by atoms with Crippen LogP contribution in [0.5, 0.6) is 0 Å². The van der Waals surface area contributed by atoms with Crippen molar-refractivity contribution in [2.45, 2.75) is 20.4 Å². The van der Waals surface area contributed by atoms with Crippen LogP contribution in [0.4, 0.5) is 5.69 Å². The molecule has 1 aromatic carbocycles. The Morgan fingerprint density at radius 2 is 1.90 bits per heavy atom. The summed E-state index contributed by atoms with van der Waals surface area (Å²) in [5, 5.41) is 25.1. The maximum atomic E-state index is 11.2. The quantitative estimate of drug-likeness (QED) is 0.341. The fourth-order valence-electron chi connectivity index (χ4n) is 3.43. The zero-order valence-corrected chi connectivity index (χ0v) is 15.6. The van der Waals surface area contributed by atoms with E-state index in [0.717, 1.165) is 11.1 Å². The molecule has 0 bridgehead atoms. The third-order valence-electron chi connectivity index (χ3n) is 4.77. The van der Waals surface area contributed by atoms with Crippen molar-refractivity contribution in [1.82, 2.24) is 39.1 Å². The van der Waals surface area contributed by atoms with Crippen molar-refractivity contribution < 1.29 is 4.92 Å². The lowest BCUT2D eigenvalue weighted by atomic mass is 10.3. The van der Waals surface area contributed by atoms with Gasteiger partial charge < -0.3 is 0 Å². The largest absolute Gasteiger partial charge is 0.312 e. The first-order valence-electron chi connectivity index (χ1n) is 8.84. The van der Waals surface area contributed by atoms with Gasteiger partial charge in [0.05, 0.1) is 22.2 Å². The van der Waals surface area contributed by atoms with Crippen molar-refractivity contribution in [2.75, 3.05) is 0 Å². The summed E-state index contributed by atoms with van der Waals surface area (Å²) >= 11 is 0. The summed E-state index contributed by atoms with van der Waals surface area (Å²) in [6.45, 7) is 3.50. The molecule has 0 saturated carbocycles. The lowest BCUT2D eigenvalue weighted by Gasteiger charge is -2.01. The van der Waals surface area contributed by atoms with E-state index in [4.69, 9.17) is 0 Å². The first-order valence-corrected chi connectivity index (χ1v) is 8.84. The van der Waals surface area contributed by atoms with Gasteiger partial charge in [-0.3, -0.25) is 14.8 Å². The standard InChI is InChI=1S/C18H15N9O2/c1-11-16(27(28)29)12(2)24(22-11)9-15-21-18-14-8-20-26(13-6-4-3-5-7-13)17(14)19-10-25(18)23-15/h3-8,10H,9H2,1-2H3. The average molecular weight is 389 g/mol. The molecule has 0 aliphatic rings. The van der Waals surface area contributed by atoms with E-state index in [-0.39, 0.29) is 12.2 Å². The van der Waals surface area contributed by atoms with E-state index in [1.165, 1.54) is 0 Å². The van der Waals surface area contributed by atoms with Gasteiger partial charge in [-0.25, -0.2) is 19.2 Å². The summed E-state index contributed by atoms with van der Waals surface area (Å²) in [5.41, 5.74) is 3.03. The van der Waals surface area contributed by atoms with E-state index < -0.39 is 4.92 Å². The molecular formula is C18H15N9O2. The number of hydrogen-bond acceptors (Lipinski definition) is 7. The second-order valence-corrected chi connectivity index (χ2v) is 6.60. The molecule has 0 radical (unpaired) electrons. The van der Waals surface area contributed by atoms with Gasteiger partial charge in [0.1, 0.15) is 24.3 Å². The molecule has 0 amide bonds. The van der Waals surface area contributed by atoms with E-state index in [0.29, 0.717) is 28.5 Å². The van der Waals surface area contributed by atoms with Crippen LogP contribution in [-0.2, 0) is 6.54 Å². The maximum absolute atomic E-state index is 11.2. The second kappa shape index (κ2) is 6.19. The number of hydrogen-bond donors (Lipinski definition) is 0. The molecule has 144 valence electrons. The van der Waals surface area contributed by atoms with E-state index in [9.17, 15) is 10.1 Å². The van der Waals surface area contributed by atoms with Crippen molar-refractivity contribution in [3.63, 3.8) is 0 Å². The van der Waals surface area contributed by atoms with Crippen LogP contribution in [0, 0.1) is 24.0 Å². The van der Waals surface area contributed by atoms with Crippen LogP contribution in [0.15, 0.2) is 42.9 Å². The molecule has 0 aliphatic carbocycles. The number of para-hydroxylation sites is 1. The number of aromatic nitrogens is 8. The Bertz CT molecular complexity index is 1380. The van der Waals surface area contributed by atoms with Gasteiger partial charge in [-0.05, 0) is 26.0 Å². The van der Waals surface area contributed by atoms with Gasteiger partial charge in [0.15, 0.2) is 17.1 Å². The highest BCUT2D eigenvalue weighted by Gasteiger charge is 2.23. The number of nitrogens with zero attached hydrogens (tertiary/aromatic N) is 9. The van der Waals surface area contributed by atoms with E-state index >= 15 is 0 Å². The van der Waals surface area contributed by atoms with E-state index in [1.807, 2.05) is 30.3 Å². The predicted molar refractivity (Wildman–Crippen MR) is 103 cm³/mol. The summed E-state index contributed by atoms with van der Waals surface area (Å²) < 4.78 is 4.86. The molecule has 0 saturated heterocycles. The highest BCUT2D eigenvalue weighted by molar-refractivity contribution is 5.89. The first-order chi connectivity index (χ1) is 14.0. The van der Waals surface area contributed by atoms with Crippen LogP contribution in [-0.4, -0.2) is 44.1 Å². The summed E-state index contributed by atoms with van der Waals surface area (Å²) in [5.74, 6) is 0.479. The van der Waals surface area contributed by atoms with Crippen LogP contribution in [0.2, 0.25) is 0 Å². The van der Waals surface area contributed by atoms with Crippen molar-refractivity contribution >= 4 is 22.4 Å². The molecular weight excluding hydrogens is 374 g/mol. The zero-order chi connectivity index (χ0) is 20.1. The second-order valence-electron chi connectivity index (χ2n) is 6.60. The molecule has 0 N–H and O–H groups in total. The van der Waals surface area contributed by atoms with Crippen LogP contribution < -0.4 is 0 Å². The smallest absolute Gasteiger partial charge is 0.258 e. The average Bonchev–Trinajstić information content (AvgIpc) is 3.37. The molecule has 29 heavy (non-hydrogen) atoms. The SMILES string of the molecule is Cc1nn(Cc2nc3c4cnn(-c5ccccc5)c4ncn3n2)c(C)c1[N+](=O)[O-]. The third-order valence-corrected chi connectivity index (χ3v) is 4.77. The summed E-state index contributed by atoms with van der Waals surface area (Å²) in [4.78, 5) is 19.9. The van der Waals surface area contributed by atoms with Crippen molar-refractivity contribution in [1.29, 1.82) is 0 Å². The molecule has 0 aliphatic heterocycles. The Hall–Kier alpha value is -4.15. The first kappa shape index (κ1) is 17.0. The highest BCUT2D eigenvalue weighted by atomic mass is 16.6. The normalized spacial score (nSPS) is 11.5. The molecule has 0 unspecified atom stereocenters. The predicted octanol–water partition coefficient (Wildman–Crippen LogP) is 2.23. The Morgan fingerprint density at radius 1 is 1.10 bits per heavy atom. The van der Waals surface area contributed by atoms with E-state index in [2.05, 4.69) is 25.3 Å². The lowest BCUT2D eigenvalue weighted by molar-refractivity contribution is -0.386. The molecule has 0 fully saturated rings. The van der Waals surface area contributed by atoms with Gasteiger partial charge >= 0.3 is 5.69 Å². The van der Waals surface area contributed by atoms with Crippen LogP contribution in [0.1, 0.15) is 17.2 Å². The van der Waals surface area contributed by atoms with E-state index in [1.54, 1.807) is 40.3 Å². The number of nitro groups is 1. The third kappa shape index (κ3) is 2.63. The zero-order valence-electron chi connectivity index (χ0n) is 15.6. The summed E-state index contributed by atoms with van der Waals surface area (Å²) in [6.07, 6.45) is 3.29. The molecule has 0 spiro atoms. The number of aryl methyl sites for hydroxylation is 1. The maximum Gasteiger partial charge on any atom is 0.312 e. The molecule has 0 atom stereocenters. The Morgan fingerprint density at radius 3 is 2.62 bits per heavy atom. The number of benzene rings is 1. The van der Waals surface area contributed by atoms with Gasteiger partial charge in [-0.15, -0.1) is 5.10 Å². The van der Waals surface area contributed by atoms with Crippen LogP contribution >= 0.6 is 0 Å². The highest BCUT2D eigenvalue weighted by Crippen LogP contribution is 2.23. The monoisotopic (exact) mass is 389 g/mol. The van der Waals surface area contributed by atoms with Crippen molar-refractivity contribution in [3.05, 3.63) is 70.2 Å². The minimum Gasteiger partial charge on any atom is -0.258 e. The number of rotatable bonds is 4. The fraction of sp³-hybridized carbons (Fsp3) is 0.167. The molecule has 5 rings (SSSR count). The summed E-state index contributed by atoms with van der Waals surface area (Å²) in [6, 6.07) is 9.70. The van der Waals surface area contributed by atoms with Gasteiger partial charge in [-0.1, -0.05) is 18.2 Å². The Kier molecular flexibility index (Phi) is 3.63. The topological polar surface area (TPSA) is 122 Å². The Labute approximate surface area is 163 Å². The summed E-state index contributed by atoms with van der Waals surface area (Å²) in [7, 11) is 0. The van der Waals surface area contributed by atoms with Crippen LogP contribution in [0.3, 0.4) is 0 Å². The van der Waals surface area contributed by atoms with Crippen molar-refractivity contribution in [3.8, 4) is 5.69 Å². The van der Waals surface area contributed by atoms with Gasteiger partial charge in [0.2, 0.25) is 0 Å². The molecule has 11 nitrogen and oxygen atoms in total. The van der Waals surface area contributed by atoms with Crippen molar-refractivity contribution in [2.24, 2.45) is 0 Å². The van der Waals surface area contributed by atoms with Crippen LogP contribution in [0.25, 0.3) is 22.4 Å². The van der Waals surface area contributed by atoms with Gasteiger partial charge in [0.25, 0.3) is 0 Å². The molecule has 4 heterocycles. The lowest BCUT2D eigenvalue weighted by Crippen LogP contribution is -2.06. The molecule has 11 heteroatoms. The van der Waals surface area contributed by atoms with Gasteiger partial charge in [0, 0.05) is 0 Å². The fourth-order valence-corrected chi connectivity index (χ4v) is 3.43. The Balaban J connectivity index is 1.58. The molecule has 5 aromatic rings. The minimum absolute atomic E-state index is 0.0157. The minimum atomic E-state index is -0.420. The van der Waals surface area contributed by atoms with Gasteiger partial charge in [-0.2, -0.15) is 10.2 Å². The number of fused-ring (bicyclic) bond motifs is 3. The molecule has 4 aromatic heterocycles.